The Morgan fingerprint density at radius 2 is 2.00 bits per heavy atom. The summed E-state index contributed by atoms with van der Waals surface area (Å²) in [5.41, 5.74) is 2.48. The van der Waals surface area contributed by atoms with Crippen molar-refractivity contribution >= 4 is 39.2 Å². The van der Waals surface area contributed by atoms with E-state index in [-0.39, 0.29) is 5.91 Å². The van der Waals surface area contributed by atoms with Gasteiger partial charge < -0.3 is 14.8 Å². The fourth-order valence-corrected chi connectivity index (χ4v) is 3.29. The van der Waals surface area contributed by atoms with Crippen molar-refractivity contribution in [1.82, 2.24) is 4.98 Å². The van der Waals surface area contributed by atoms with Crippen molar-refractivity contribution < 1.29 is 14.3 Å². The first-order valence-corrected chi connectivity index (χ1v) is 8.49. The molecule has 0 saturated heterocycles. The largest absolute Gasteiger partial charge is 0.497 e. The van der Waals surface area contributed by atoms with Gasteiger partial charge in [0.05, 0.1) is 29.4 Å². The topological polar surface area (TPSA) is 60.5 Å². The van der Waals surface area contributed by atoms with Crippen LogP contribution in [0.3, 0.4) is 0 Å². The predicted octanol–water partition coefficient (Wildman–Crippen LogP) is 4.27. The quantitative estimate of drug-likeness (QED) is 0.695. The zero-order chi connectivity index (χ0) is 17.8. The number of carbonyl (C=O) groups is 1. The number of fused-ring (bicyclic) bond motifs is 1. The van der Waals surface area contributed by atoms with Crippen molar-refractivity contribution in [2.45, 2.75) is 6.92 Å². The van der Waals surface area contributed by atoms with Crippen LogP contribution < -0.4 is 14.8 Å². The van der Waals surface area contributed by atoms with E-state index in [0.717, 1.165) is 26.5 Å². The van der Waals surface area contributed by atoms with E-state index in [1.807, 2.05) is 37.3 Å². The highest BCUT2D eigenvalue weighted by molar-refractivity contribution is 7.18. The van der Waals surface area contributed by atoms with E-state index in [1.165, 1.54) is 6.08 Å². The molecule has 2 aromatic carbocycles. The third kappa shape index (κ3) is 3.97. The molecule has 128 valence electrons. The van der Waals surface area contributed by atoms with Crippen molar-refractivity contribution in [2.75, 3.05) is 19.5 Å². The summed E-state index contributed by atoms with van der Waals surface area (Å²) in [7, 11) is 3.18. The Hall–Kier alpha value is -2.86. The van der Waals surface area contributed by atoms with Crippen molar-refractivity contribution in [1.29, 1.82) is 0 Å². The highest BCUT2D eigenvalue weighted by Crippen LogP contribution is 2.26. The maximum atomic E-state index is 12.2. The number of carbonyl (C=O) groups excluding carboxylic acids is 1. The predicted molar refractivity (Wildman–Crippen MR) is 102 cm³/mol. The van der Waals surface area contributed by atoms with Crippen LogP contribution in [0, 0.1) is 6.92 Å². The van der Waals surface area contributed by atoms with Crippen molar-refractivity contribution in [3.05, 3.63) is 53.0 Å². The lowest BCUT2D eigenvalue weighted by Crippen LogP contribution is -2.07. The van der Waals surface area contributed by atoms with Crippen LogP contribution in [0.2, 0.25) is 0 Å². The fraction of sp³-hybridized carbons (Fsp3) is 0.158. The van der Waals surface area contributed by atoms with Gasteiger partial charge in [-0.05, 0) is 43.3 Å². The number of ether oxygens (including phenoxy) is 2. The number of methoxy groups -OCH3 is 2. The number of thiazole rings is 1. The van der Waals surface area contributed by atoms with Crippen molar-refractivity contribution in [2.24, 2.45) is 0 Å². The number of rotatable bonds is 5. The number of benzene rings is 2. The second-order valence-electron chi connectivity index (χ2n) is 5.35. The van der Waals surface area contributed by atoms with Gasteiger partial charge in [-0.25, -0.2) is 4.98 Å². The maximum absolute atomic E-state index is 12.2. The molecular formula is C19H18N2O3S. The minimum absolute atomic E-state index is 0.210. The average Bonchev–Trinajstić information content (AvgIpc) is 2.99. The first kappa shape index (κ1) is 17.0. The van der Waals surface area contributed by atoms with Gasteiger partial charge in [0.15, 0.2) is 0 Å². The molecule has 0 atom stereocenters. The minimum Gasteiger partial charge on any atom is -0.497 e. The first-order chi connectivity index (χ1) is 12.1. The fourth-order valence-electron chi connectivity index (χ4n) is 2.42. The summed E-state index contributed by atoms with van der Waals surface area (Å²) < 4.78 is 11.5. The Kier molecular flexibility index (Phi) is 5.00. The van der Waals surface area contributed by atoms with Crippen LogP contribution in [0.5, 0.6) is 11.5 Å². The molecule has 0 aliphatic carbocycles. The third-order valence-electron chi connectivity index (χ3n) is 3.62. The summed E-state index contributed by atoms with van der Waals surface area (Å²) in [5, 5.41) is 3.87. The Morgan fingerprint density at radius 1 is 1.16 bits per heavy atom. The Morgan fingerprint density at radius 3 is 2.76 bits per heavy atom. The van der Waals surface area contributed by atoms with Gasteiger partial charge in [-0.3, -0.25) is 4.79 Å². The number of nitrogens with one attached hydrogen (secondary N) is 1. The highest BCUT2D eigenvalue weighted by atomic mass is 32.1. The molecular weight excluding hydrogens is 336 g/mol. The molecule has 25 heavy (non-hydrogen) atoms. The summed E-state index contributed by atoms with van der Waals surface area (Å²) in [6.45, 7) is 1.97. The van der Waals surface area contributed by atoms with Crippen LogP contribution in [0.15, 0.2) is 42.5 Å². The second kappa shape index (κ2) is 7.36. The lowest BCUT2D eigenvalue weighted by Gasteiger charge is -2.07. The number of anilines is 1. The number of hydrogen-bond acceptors (Lipinski definition) is 5. The van der Waals surface area contributed by atoms with Gasteiger partial charge in [0.2, 0.25) is 5.91 Å². The molecule has 6 heteroatoms. The standard InChI is InChI=1S/C19H18N2O3S/c1-12-20-16-8-6-14(10-18(16)25-12)21-19(22)9-5-13-4-7-15(23-2)11-17(13)24-3/h4-11H,1-3H3,(H,21,22)/b9-5+. The average molecular weight is 354 g/mol. The Labute approximate surface area is 149 Å². The zero-order valence-corrected chi connectivity index (χ0v) is 15.0. The molecule has 0 bridgehead atoms. The van der Waals surface area contributed by atoms with E-state index in [2.05, 4.69) is 10.3 Å². The minimum atomic E-state index is -0.210. The van der Waals surface area contributed by atoms with Crippen molar-refractivity contribution in [3.8, 4) is 11.5 Å². The van der Waals surface area contributed by atoms with E-state index >= 15 is 0 Å². The van der Waals surface area contributed by atoms with E-state index in [0.29, 0.717) is 11.5 Å². The summed E-state index contributed by atoms with van der Waals surface area (Å²) in [4.78, 5) is 16.6. The smallest absolute Gasteiger partial charge is 0.248 e. The van der Waals surface area contributed by atoms with E-state index in [4.69, 9.17) is 9.47 Å². The summed E-state index contributed by atoms with van der Waals surface area (Å²) in [6.07, 6.45) is 3.19. The van der Waals surface area contributed by atoms with Crippen LogP contribution >= 0.6 is 11.3 Å². The highest BCUT2D eigenvalue weighted by Gasteiger charge is 2.05. The van der Waals surface area contributed by atoms with E-state index < -0.39 is 0 Å². The maximum Gasteiger partial charge on any atom is 0.248 e. The van der Waals surface area contributed by atoms with Gasteiger partial charge >= 0.3 is 0 Å². The molecule has 0 aliphatic heterocycles. The summed E-state index contributed by atoms with van der Waals surface area (Å²) in [5.74, 6) is 1.13. The molecule has 0 radical (unpaired) electrons. The van der Waals surface area contributed by atoms with Gasteiger partial charge in [0, 0.05) is 23.4 Å². The number of nitrogens with zero attached hydrogens (tertiary/aromatic N) is 1. The molecule has 3 aromatic rings. The molecule has 3 rings (SSSR count). The lowest BCUT2D eigenvalue weighted by molar-refractivity contribution is -0.111. The molecule has 0 saturated carbocycles. The molecule has 0 fully saturated rings. The lowest BCUT2D eigenvalue weighted by atomic mass is 10.1. The zero-order valence-electron chi connectivity index (χ0n) is 14.2. The van der Waals surface area contributed by atoms with Crippen LogP contribution in [-0.2, 0) is 4.79 Å². The molecule has 0 unspecified atom stereocenters. The molecule has 1 amide bonds. The number of amides is 1. The van der Waals surface area contributed by atoms with E-state index in [1.54, 1.807) is 37.7 Å². The van der Waals surface area contributed by atoms with Crippen LogP contribution in [0.1, 0.15) is 10.6 Å². The molecule has 1 aromatic heterocycles. The third-order valence-corrected chi connectivity index (χ3v) is 4.55. The monoisotopic (exact) mass is 354 g/mol. The SMILES string of the molecule is COc1ccc(/C=C/C(=O)Nc2ccc3nc(C)sc3c2)c(OC)c1. The normalized spacial score (nSPS) is 11.0. The molecule has 1 heterocycles. The van der Waals surface area contributed by atoms with Crippen LogP contribution in [0.4, 0.5) is 5.69 Å². The summed E-state index contributed by atoms with van der Waals surface area (Å²) >= 11 is 1.60. The summed E-state index contributed by atoms with van der Waals surface area (Å²) in [6, 6.07) is 11.1. The van der Waals surface area contributed by atoms with Crippen molar-refractivity contribution in [3.63, 3.8) is 0 Å². The Bertz CT molecular complexity index is 947. The molecule has 5 nitrogen and oxygen atoms in total. The van der Waals surface area contributed by atoms with Gasteiger partial charge in [-0.1, -0.05) is 0 Å². The molecule has 0 spiro atoms. The Balaban J connectivity index is 1.73. The molecule has 0 aliphatic rings. The van der Waals surface area contributed by atoms with Gasteiger partial charge in [0.1, 0.15) is 11.5 Å². The molecule has 1 N–H and O–H groups in total. The number of aryl methyl sites for hydroxylation is 1. The van der Waals surface area contributed by atoms with Crippen LogP contribution in [0.25, 0.3) is 16.3 Å². The van der Waals surface area contributed by atoms with Gasteiger partial charge in [-0.2, -0.15) is 0 Å². The number of hydrogen-bond donors (Lipinski definition) is 1. The number of aromatic nitrogens is 1. The van der Waals surface area contributed by atoms with Crippen LogP contribution in [-0.4, -0.2) is 25.1 Å². The second-order valence-corrected chi connectivity index (χ2v) is 6.58. The van der Waals surface area contributed by atoms with E-state index in [9.17, 15) is 4.79 Å². The van der Waals surface area contributed by atoms with Gasteiger partial charge in [-0.15, -0.1) is 11.3 Å². The first-order valence-electron chi connectivity index (χ1n) is 7.67. The van der Waals surface area contributed by atoms with Gasteiger partial charge in [0.25, 0.3) is 0 Å².